The Balaban J connectivity index is 2.02. The van der Waals surface area contributed by atoms with E-state index in [4.69, 9.17) is 5.26 Å². The number of thiazole rings is 1. The first-order chi connectivity index (χ1) is 10.0. The van der Waals surface area contributed by atoms with Crippen LogP contribution in [0.15, 0.2) is 34.4 Å². The molecule has 1 N–H and O–H groups in total. The standard InChI is InChI=1S/C15H15N3O2S/c1-10-9-21-15(20)18(10)8-14(19)17-11(2)13-5-3-12(7-16)4-6-13/h3-6,9,11H,8H2,1-2H3,(H,17,19). The Bertz CT molecular complexity index is 738. The van der Waals surface area contributed by atoms with Gasteiger partial charge in [0.05, 0.1) is 17.7 Å². The van der Waals surface area contributed by atoms with E-state index in [1.807, 2.05) is 19.1 Å². The SMILES string of the molecule is Cc1csc(=O)n1CC(=O)NC(C)c1ccc(C#N)cc1. The van der Waals surface area contributed by atoms with Gasteiger partial charge < -0.3 is 5.32 Å². The van der Waals surface area contributed by atoms with Crippen LogP contribution in [0, 0.1) is 18.3 Å². The first-order valence-electron chi connectivity index (χ1n) is 6.45. The van der Waals surface area contributed by atoms with Crippen LogP contribution in [0.4, 0.5) is 0 Å². The maximum atomic E-state index is 12.0. The molecule has 21 heavy (non-hydrogen) atoms. The smallest absolute Gasteiger partial charge is 0.307 e. The van der Waals surface area contributed by atoms with Gasteiger partial charge in [0.15, 0.2) is 0 Å². The molecule has 1 heterocycles. The molecule has 0 bridgehead atoms. The molecule has 0 radical (unpaired) electrons. The number of benzene rings is 1. The van der Waals surface area contributed by atoms with Gasteiger partial charge in [-0.3, -0.25) is 14.2 Å². The lowest BCUT2D eigenvalue weighted by Crippen LogP contribution is -2.32. The van der Waals surface area contributed by atoms with Gasteiger partial charge in [-0.05, 0) is 31.5 Å². The highest BCUT2D eigenvalue weighted by atomic mass is 32.1. The van der Waals surface area contributed by atoms with Crippen molar-refractivity contribution in [3.8, 4) is 6.07 Å². The minimum atomic E-state index is -0.213. The number of nitrogens with one attached hydrogen (secondary N) is 1. The van der Waals surface area contributed by atoms with Crippen molar-refractivity contribution in [3.05, 3.63) is 56.1 Å². The highest BCUT2D eigenvalue weighted by Crippen LogP contribution is 2.13. The molecule has 1 unspecified atom stereocenters. The lowest BCUT2D eigenvalue weighted by Gasteiger charge is -2.15. The topological polar surface area (TPSA) is 74.9 Å². The number of nitriles is 1. The summed E-state index contributed by atoms with van der Waals surface area (Å²) in [6.45, 7) is 3.69. The van der Waals surface area contributed by atoms with E-state index in [1.165, 1.54) is 4.57 Å². The molecular formula is C15H15N3O2S. The molecule has 0 saturated carbocycles. The van der Waals surface area contributed by atoms with Crippen LogP contribution in [-0.2, 0) is 11.3 Å². The average molecular weight is 301 g/mol. The number of carbonyl (C=O) groups is 1. The number of rotatable bonds is 4. The van der Waals surface area contributed by atoms with Gasteiger partial charge in [-0.1, -0.05) is 23.5 Å². The third-order valence-electron chi connectivity index (χ3n) is 3.20. The number of nitrogens with zero attached hydrogens (tertiary/aromatic N) is 2. The van der Waals surface area contributed by atoms with Crippen molar-refractivity contribution in [1.82, 2.24) is 9.88 Å². The molecule has 0 fully saturated rings. The quantitative estimate of drug-likeness (QED) is 0.938. The maximum Gasteiger partial charge on any atom is 0.307 e. The van der Waals surface area contributed by atoms with Gasteiger partial charge in [0, 0.05) is 11.1 Å². The first kappa shape index (κ1) is 15.0. The van der Waals surface area contributed by atoms with Crippen molar-refractivity contribution >= 4 is 17.2 Å². The Morgan fingerprint density at radius 2 is 2.10 bits per heavy atom. The van der Waals surface area contributed by atoms with Gasteiger partial charge >= 0.3 is 4.87 Å². The van der Waals surface area contributed by atoms with Crippen molar-refractivity contribution < 1.29 is 4.79 Å². The summed E-state index contributed by atoms with van der Waals surface area (Å²) in [5.41, 5.74) is 2.28. The number of hydrogen-bond donors (Lipinski definition) is 1. The zero-order valence-electron chi connectivity index (χ0n) is 11.8. The third-order valence-corrected chi connectivity index (χ3v) is 4.08. The van der Waals surface area contributed by atoms with E-state index in [0.717, 1.165) is 22.6 Å². The molecular weight excluding hydrogens is 286 g/mol. The lowest BCUT2D eigenvalue weighted by molar-refractivity contribution is -0.122. The molecule has 0 aliphatic carbocycles. The number of aromatic nitrogens is 1. The number of amides is 1. The summed E-state index contributed by atoms with van der Waals surface area (Å²) in [5.74, 6) is -0.213. The fourth-order valence-electron chi connectivity index (χ4n) is 1.96. The molecule has 0 spiro atoms. The molecule has 1 atom stereocenters. The summed E-state index contributed by atoms with van der Waals surface area (Å²) in [5, 5.41) is 13.3. The molecule has 0 saturated heterocycles. The highest BCUT2D eigenvalue weighted by Gasteiger charge is 2.12. The maximum absolute atomic E-state index is 12.0. The summed E-state index contributed by atoms with van der Waals surface area (Å²) in [6.07, 6.45) is 0. The monoisotopic (exact) mass is 301 g/mol. The van der Waals surface area contributed by atoms with E-state index in [0.29, 0.717) is 5.56 Å². The fourth-order valence-corrected chi connectivity index (χ4v) is 2.69. The average Bonchev–Trinajstić information content (AvgIpc) is 2.79. The van der Waals surface area contributed by atoms with Gasteiger partial charge in [-0.2, -0.15) is 5.26 Å². The van der Waals surface area contributed by atoms with E-state index < -0.39 is 0 Å². The number of aryl methyl sites for hydroxylation is 1. The number of carbonyl (C=O) groups excluding carboxylic acids is 1. The van der Waals surface area contributed by atoms with E-state index in [-0.39, 0.29) is 23.4 Å². The van der Waals surface area contributed by atoms with Crippen molar-refractivity contribution in [2.24, 2.45) is 0 Å². The molecule has 108 valence electrons. The summed E-state index contributed by atoms with van der Waals surface area (Å²) in [4.78, 5) is 23.4. The van der Waals surface area contributed by atoms with Crippen LogP contribution in [0.1, 0.15) is 29.8 Å². The normalized spacial score (nSPS) is 11.7. The fraction of sp³-hybridized carbons (Fsp3) is 0.267. The van der Waals surface area contributed by atoms with Gasteiger partial charge in [0.25, 0.3) is 0 Å². The molecule has 1 aromatic heterocycles. The Kier molecular flexibility index (Phi) is 4.55. The van der Waals surface area contributed by atoms with Crippen LogP contribution in [0.5, 0.6) is 0 Å². The molecule has 6 heteroatoms. The summed E-state index contributed by atoms with van der Waals surface area (Å²) in [7, 11) is 0. The molecule has 5 nitrogen and oxygen atoms in total. The first-order valence-corrected chi connectivity index (χ1v) is 7.33. The minimum absolute atomic E-state index is 0.0226. The van der Waals surface area contributed by atoms with E-state index in [1.54, 1.807) is 24.4 Å². The zero-order chi connectivity index (χ0) is 15.4. The predicted octanol–water partition coefficient (Wildman–Crippen LogP) is 1.97. The van der Waals surface area contributed by atoms with Crippen LogP contribution in [0.25, 0.3) is 0 Å². The molecule has 1 amide bonds. The van der Waals surface area contributed by atoms with Crippen LogP contribution >= 0.6 is 11.3 Å². The van der Waals surface area contributed by atoms with Gasteiger partial charge in [-0.15, -0.1) is 0 Å². The van der Waals surface area contributed by atoms with E-state index in [9.17, 15) is 9.59 Å². The third kappa shape index (κ3) is 3.58. The van der Waals surface area contributed by atoms with Crippen molar-refractivity contribution in [1.29, 1.82) is 5.26 Å². The van der Waals surface area contributed by atoms with Crippen molar-refractivity contribution in [2.45, 2.75) is 26.4 Å². The Labute approximate surface area is 126 Å². The second-order valence-electron chi connectivity index (χ2n) is 4.75. The molecule has 0 aliphatic heterocycles. The van der Waals surface area contributed by atoms with E-state index in [2.05, 4.69) is 11.4 Å². The Morgan fingerprint density at radius 1 is 1.43 bits per heavy atom. The second kappa shape index (κ2) is 6.37. The minimum Gasteiger partial charge on any atom is -0.348 e. The van der Waals surface area contributed by atoms with Gasteiger partial charge in [-0.25, -0.2) is 0 Å². The Morgan fingerprint density at radius 3 is 2.62 bits per heavy atom. The molecule has 1 aromatic carbocycles. The van der Waals surface area contributed by atoms with E-state index >= 15 is 0 Å². The zero-order valence-corrected chi connectivity index (χ0v) is 12.6. The van der Waals surface area contributed by atoms with Crippen LogP contribution in [-0.4, -0.2) is 10.5 Å². The predicted molar refractivity (Wildman–Crippen MR) is 81.0 cm³/mol. The summed E-state index contributed by atoms with van der Waals surface area (Å²) in [6, 6.07) is 8.92. The van der Waals surface area contributed by atoms with Crippen molar-refractivity contribution in [3.63, 3.8) is 0 Å². The van der Waals surface area contributed by atoms with Crippen LogP contribution in [0.2, 0.25) is 0 Å². The molecule has 0 aliphatic rings. The summed E-state index contributed by atoms with van der Waals surface area (Å²) >= 11 is 1.09. The molecule has 2 aromatic rings. The Hall–Kier alpha value is -2.39. The van der Waals surface area contributed by atoms with Gasteiger partial charge in [0.2, 0.25) is 5.91 Å². The van der Waals surface area contributed by atoms with Crippen LogP contribution < -0.4 is 10.2 Å². The highest BCUT2D eigenvalue weighted by molar-refractivity contribution is 7.07. The largest absolute Gasteiger partial charge is 0.348 e. The summed E-state index contributed by atoms with van der Waals surface area (Å²) < 4.78 is 1.45. The molecule has 2 rings (SSSR count). The number of hydrogen-bond acceptors (Lipinski definition) is 4. The van der Waals surface area contributed by atoms with Gasteiger partial charge in [0.1, 0.15) is 6.54 Å². The second-order valence-corrected chi connectivity index (χ2v) is 5.57. The van der Waals surface area contributed by atoms with Crippen molar-refractivity contribution in [2.75, 3.05) is 0 Å². The lowest BCUT2D eigenvalue weighted by atomic mass is 10.1. The van der Waals surface area contributed by atoms with Crippen LogP contribution in [0.3, 0.4) is 0 Å².